The van der Waals surface area contributed by atoms with Crippen LogP contribution in [0.5, 0.6) is 0 Å². The molecule has 0 aromatic carbocycles. The van der Waals surface area contributed by atoms with Crippen LogP contribution in [0.15, 0.2) is 6.33 Å². The highest BCUT2D eigenvalue weighted by molar-refractivity contribution is 5.54. The van der Waals surface area contributed by atoms with Crippen LogP contribution in [0, 0.1) is 0 Å². The van der Waals surface area contributed by atoms with E-state index in [1.54, 1.807) is 0 Å². The van der Waals surface area contributed by atoms with Crippen molar-refractivity contribution in [2.45, 2.75) is 45.1 Å². The van der Waals surface area contributed by atoms with Crippen molar-refractivity contribution in [3.63, 3.8) is 0 Å². The van der Waals surface area contributed by atoms with Crippen molar-refractivity contribution >= 4 is 11.6 Å². The predicted molar refractivity (Wildman–Crippen MR) is 72.5 cm³/mol. The summed E-state index contributed by atoms with van der Waals surface area (Å²) in [5.41, 5.74) is 6.80. The van der Waals surface area contributed by atoms with Crippen LogP contribution < -0.4 is 11.1 Å². The van der Waals surface area contributed by atoms with E-state index < -0.39 is 0 Å². The number of nitrogens with one attached hydrogen (secondary N) is 1. The van der Waals surface area contributed by atoms with E-state index in [0.717, 1.165) is 31.0 Å². The van der Waals surface area contributed by atoms with E-state index in [4.69, 9.17) is 10.5 Å². The van der Waals surface area contributed by atoms with E-state index in [1.807, 2.05) is 0 Å². The maximum Gasteiger partial charge on any atom is 0.134 e. The smallest absolute Gasteiger partial charge is 0.134 e. The summed E-state index contributed by atoms with van der Waals surface area (Å²) in [6.07, 6.45) is 7.82. The molecule has 1 fully saturated rings. The molecule has 0 aliphatic heterocycles. The van der Waals surface area contributed by atoms with Crippen LogP contribution in [-0.4, -0.2) is 29.2 Å². The van der Waals surface area contributed by atoms with Gasteiger partial charge in [0.2, 0.25) is 0 Å². The summed E-state index contributed by atoms with van der Waals surface area (Å²) >= 11 is 0. The minimum Gasteiger partial charge on any atom is -0.383 e. The number of anilines is 2. The first-order chi connectivity index (χ1) is 8.81. The molecule has 3 N–H and O–H groups in total. The first-order valence-corrected chi connectivity index (χ1v) is 6.76. The second-order valence-electron chi connectivity index (χ2n) is 4.64. The standard InChI is InChI=1S/C13H22N4O/c1-2-11-12(14)16-9-17-13(11)15-7-8-18-10-5-3-4-6-10/h9-10H,2-8H2,1H3,(H3,14,15,16,17). The molecule has 1 aromatic heterocycles. The van der Waals surface area contributed by atoms with Gasteiger partial charge in [0.15, 0.2) is 0 Å². The molecular weight excluding hydrogens is 228 g/mol. The van der Waals surface area contributed by atoms with Gasteiger partial charge in [-0.05, 0) is 19.3 Å². The zero-order valence-electron chi connectivity index (χ0n) is 11.0. The van der Waals surface area contributed by atoms with Gasteiger partial charge < -0.3 is 15.8 Å². The van der Waals surface area contributed by atoms with Gasteiger partial charge in [-0.2, -0.15) is 0 Å². The third-order valence-electron chi connectivity index (χ3n) is 3.38. The van der Waals surface area contributed by atoms with Crippen molar-refractivity contribution in [1.82, 2.24) is 9.97 Å². The molecule has 2 rings (SSSR count). The number of nitrogens with two attached hydrogens (primary N) is 1. The van der Waals surface area contributed by atoms with Crippen molar-refractivity contribution in [2.24, 2.45) is 0 Å². The monoisotopic (exact) mass is 250 g/mol. The Morgan fingerprint density at radius 1 is 1.39 bits per heavy atom. The molecule has 1 saturated carbocycles. The number of nitrogen functional groups attached to an aromatic ring is 1. The summed E-state index contributed by atoms with van der Waals surface area (Å²) in [5.74, 6) is 1.40. The Hall–Kier alpha value is -1.36. The molecule has 0 atom stereocenters. The number of ether oxygens (including phenoxy) is 1. The molecule has 0 saturated heterocycles. The molecule has 0 radical (unpaired) electrons. The molecule has 1 heterocycles. The number of nitrogens with zero attached hydrogens (tertiary/aromatic N) is 2. The molecule has 0 bridgehead atoms. The van der Waals surface area contributed by atoms with E-state index in [1.165, 1.54) is 32.0 Å². The fraction of sp³-hybridized carbons (Fsp3) is 0.692. The van der Waals surface area contributed by atoms with E-state index in [9.17, 15) is 0 Å². The summed E-state index contributed by atoms with van der Waals surface area (Å²) in [6, 6.07) is 0. The van der Waals surface area contributed by atoms with Crippen LogP contribution >= 0.6 is 0 Å². The summed E-state index contributed by atoms with van der Waals surface area (Å²) in [6.45, 7) is 3.53. The van der Waals surface area contributed by atoms with Gasteiger partial charge in [-0.15, -0.1) is 0 Å². The van der Waals surface area contributed by atoms with Crippen molar-refractivity contribution in [1.29, 1.82) is 0 Å². The predicted octanol–water partition coefficient (Wildman–Crippen LogP) is 1.99. The molecule has 5 nitrogen and oxygen atoms in total. The highest BCUT2D eigenvalue weighted by Gasteiger charge is 2.14. The van der Waals surface area contributed by atoms with E-state index in [0.29, 0.717) is 11.9 Å². The summed E-state index contributed by atoms with van der Waals surface area (Å²) < 4.78 is 5.79. The first kappa shape index (κ1) is 13.1. The minimum absolute atomic E-state index is 0.466. The van der Waals surface area contributed by atoms with Gasteiger partial charge in [0.05, 0.1) is 12.7 Å². The van der Waals surface area contributed by atoms with Crippen LogP contribution in [0.3, 0.4) is 0 Å². The SMILES string of the molecule is CCc1c(N)ncnc1NCCOC1CCCC1. The fourth-order valence-electron chi connectivity index (χ4n) is 2.38. The Balaban J connectivity index is 1.77. The Labute approximate surface area is 108 Å². The summed E-state index contributed by atoms with van der Waals surface area (Å²) in [7, 11) is 0. The summed E-state index contributed by atoms with van der Waals surface area (Å²) in [4.78, 5) is 8.22. The Morgan fingerprint density at radius 3 is 2.89 bits per heavy atom. The van der Waals surface area contributed by atoms with Crippen molar-refractivity contribution in [3.8, 4) is 0 Å². The molecule has 0 spiro atoms. The normalized spacial score (nSPS) is 16.1. The minimum atomic E-state index is 0.466. The number of rotatable bonds is 6. The van der Waals surface area contributed by atoms with E-state index in [2.05, 4.69) is 22.2 Å². The third-order valence-corrected chi connectivity index (χ3v) is 3.38. The average Bonchev–Trinajstić information content (AvgIpc) is 2.88. The van der Waals surface area contributed by atoms with Crippen molar-refractivity contribution in [3.05, 3.63) is 11.9 Å². The van der Waals surface area contributed by atoms with E-state index >= 15 is 0 Å². The quantitative estimate of drug-likeness (QED) is 0.755. The molecule has 0 amide bonds. The largest absolute Gasteiger partial charge is 0.383 e. The average molecular weight is 250 g/mol. The Morgan fingerprint density at radius 2 is 2.17 bits per heavy atom. The molecule has 5 heteroatoms. The molecule has 0 unspecified atom stereocenters. The lowest BCUT2D eigenvalue weighted by atomic mass is 10.2. The summed E-state index contributed by atoms with van der Waals surface area (Å²) in [5, 5.41) is 3.27. The molecule has 1 aliphatic carbocycles. The molecule has 1 aliphatic rings. The maximum absolute atomic E-state index is 5.81. The molecule has 100 valence electrons. The Kier molecular flexibility index (Phi) is 4.75. The van der Waals surface area contributed by atoms with Gasteiger partial charge in [0, 0.05) is 12.1 Å². The van der Waals surface area contributed by atoms with Gasteiger partial charge in [0.1, 0.15) is 18.0 Å². The molecule has 1 aromatic rings. The third kappa shape index (κ3) is 3.32. The Bertz CT molecular complexity index is 377. The van der Waals surface area contributed by atoms with Crippen LogP contribution in [0.4, 0.5) is 11.6 Å². The van der Waals surface area contributed by atoms with Gasteiger partial charge in [-0.1, -0.05) is 19.8 Å². The van der Waals surface area contributed by atoms with Crippen molar-refractivity contribution < 1.29 is 4.74 Å². The van der Waals surface area contributed by atoms with Gasteiger partial charge in [-0.3, -0.25) is 0 Å². The number of aromatic nitrogens is 2. The zero-order valence-corrected chi connectivity index (χ0v) is 11.0. The zero-order chi connectivity index (χ0) is 12.8. The lowest BCUT2D eigenvalue weighted by Gasteiger charge is -2.13. The number of hydrogen-bond acceptors (Lipinski definition) is 5. The lowest BCUT2D eigenvalue weighted by Crippen LogP contribution is -2.17. The highest BCUT2D eigenvalue weighted by atomic mass is 16.5. The van der Waals surface area contributed by atoms with Crippen molar-refractivity contribution in [2.75, 3.05) is 24.2 Å². The van der Waals surface area contributed by atoms with Crippen LogP contribution in [-0.2, 0) is 11.2 Å². The fourth-order valence-corrected chi connectivity index (χ4v) is 2.38. The van der Waals surface area contributed by atoms with Gasteiger partial charge >= 0.3 is 0 Å². The van der Waals surface area contributed by atoms with E-state index in [-0.39, 0.29) is 0 Å². The van der Waals surface area contributed by atoms with Crippen LogP contribution in [0.2, 0.25) is 0 Å². The highest BCUT2D eigenvalue weighted by Crippen LogP contribution is 2.21. The topological polar surface area (TPSA) is 73.1 Å². The van der Waals surface area contributed by atoms with Gasteiger partial charge in [-0.25, -0.2) is 9.97 Å². The van der Waals surface area contributed by atoms with Crippen LogP contribution in [0.25, 0.3) is 0 Å². The van der Waals surface area contributed by atoms with Crippen LogP contribution in [0.1, 0.15) is 38.2 Å². The molecule has 18 heavy (non-hydrogen) atoms. The number of hydrogen-bond donors (Lipinski definition) is 2. The maximum atomic E-state index is 5.81. The second kappa shape index (κ2) is 6.54. The lowest BCUT2D eigenvalue weighted by molar-refractivity contribution is 0.0658. The molecular formula is C13H22N4O. The first-order valence-electron chi connectivity index (χ1n) is 6.76. The van der Waals surface area contributed by atoms with Gasteiger partial charge in [0.25, 0.3) is 0 Å². The second-order valence-corrected chi connectivity index (χ2v) is 4.64.